The fourth-order valence-corrected chi connectivity index (χ4v) is 1.52. The van der Waals surface area contributed by atoms with Gasteiger partial charge >= 0.3 is 0 Å². The number of benzene rings is 1. The molecule has 2 amide bonds. The zero-order valence-electron chi connectivity index (χ0n) is 11.6. The molecular weight excluding hydrogens is 242 g/mol. The lowest BCUT2D eigenvalue weighted by Crippen LogP contribution is -2.32. The van der Waals surface area contributed by atoms with Crippen LogP contribution in [0.1, 0.15) is 26.3 Å². The maximum absolute atomic E-state index is 11.6. The molecule has 4 N–H and O–H groups in total. The van der Waals surface area contributed by atoms with Gasteiger partial charge in [-0.3, -0.25) is 9.59 Å². The van der Waals surface area contributed by atoms with Crippen molar-refractivity contribution in [1.82, 2.24) is 5.32 Å². The average Bonchev–Trinajstić information content (AvgIpc) is 2.30. The summed E-state index contributed by atoms with van der Waals surface area (Å²) in [5.74, 6) is -0.243. The van der Waals surface area contributed by atoms with Crippen LogP contribution in [0.5, 0.6) is 0 Å². The van der Waals surface area contributed by atoms with E-state index in [1.54, 1.807) is 19.1 Å². The normalized spacial score (nSPS) is 12.1. The van der Waals surface area contributed by atoms with Gasteiger partial charge in [-0.05, 0) is 38.5 Å². The van der Waals surface area contributed by atoms with Crippen LogP contribution in [0.15, 0.2) is 24.3 Å². The molecular formula is C14H21N3O2. The van der Waals surface area contributed by atoms with E-state index in [-0.39, 0.29) is 17.9 Å². The van der Waals surface area contributed by atoms with Gasteiger partial charge in [0.05, 0.1) is 12.5 Å². The summed E-state index contributed by atoms with van der Waals surface area (Å²) in [6.07, 6.45) is 0.333. The van der Waals surface area contributed by atoms with Crippen molar-refractivity contribution < 1.29 is 9.59 Å². The van der Waals surface area contributed by atoms with Crippen molar-refractivity contribution in [2.45, 2.75) is 39.3 Å². The Hall–Kier alpha value is -1.88. The number of carbonyl (C=O) groups is 2. The summed E-state index contributed by atoms with van der Waals surface area (Å²) in [6, 6.07) is 6.75. The second-order valence-corrected chi connectivity index (χ2v) is 4.87. The molecule has 0 radical (unpaired) electrons. The summed E-state index contributed by atoms with van der Waals surface area (Å²) in [5.41, 5.74) is 7.04. The first-order chi connectivity index (χ1) is 8.88. The highest BCUT2D eigenvalue weighted by Gasteiger charge is 2.08. The van der Waals surface area contributed by atoms with Gasteiger partial charge in [-0.1, -0.05) is 12.1 Å². The number of rotatable bonds is 5. The van der Waals surface area contributed by atoms with Crippen molar-refractivity contribution in [3.05, 3.63) is 29.8 Å². The molecule has 0 saturated carbocycles. The van der Waals surface area contributed by atoms with Crippen LogP contribution in [-0.2, 0) is 16.0 Å². The minimum absolute atomic E-state index is 0.0117. The molecule has 0 fully saturated rings. The fourth-order valence-electron chi connectivity index (χ4n) is 1.52. The van der Waals surface area contributed by atoms with E-state index in [0.717, 1.165) is 5.56 Å². The second-order valence-electron chi connectivity index (χ2n) is 4.87. The largest absolute Gasteiger partial charge is 0.354 e. The maximum atomic E-state index is 11.6. The van der Waals surface area contributed by atoms with Crippen molar-refractivity contribution in [2.75, 3.05) is 5.32 Å². The quantitative estimate of drug-likeness (QED) is 0.742. The lowest BCUT2D eigenvalue weighted by atomic mass is 10.1. The van der Waals surface area contributed by atoms with Gasteiger partial charge in [-0.25, -0.2) is 0 Å². The smallest absolute Gasteiger partial charge is 0.240 e. The van der Waals surface area contributed by atoms with E-state index in [0.29, 0.717) is 12.1 Å². The molecule has 0 bridgehead atoms. The minimum Gasteiger partial charge on any atom is -0.354 e. The Labute approximate surface area is 113 Å². The Morgan fingerprint density at radius 1 is 1.16 bits per heavy atom. The van der Waals surface area contributed by atoms with Gasteiger partial charge in [0.15, 0.2) is 0 Å². The maximum Gasteiger partial charge on any atom is 0.240 e. The highest BCUT2D eigenvalue weighted by Crippen LogP contribution is 2.10. The van der Waals surface area contributed by atoms with E-state index in [1.807, 2.05) is 26.0 Å². The second kappa shape index (κ2) is 6.89. The van der Waals surface area contributed by atoms with E-state index in [1.165, 1.54) is 0 Å². The molecule has 0 aromatic heterocycles. The monoisotopic (exact) mass is 263 g/mol. The predicted octanol–water partition coefficient (Wildman–Crippen LogP) is 1.04. The molecule has 1 atom stereocenters. The van der Waals surface area contributed by atoms with Crippen LogP contribution in [0.4, 0.5) is 5.69 Å². The first kappa shape index (κ1) is 15.2. The number of hydrogen-bond donors (Lipinski definition) is 3. The van der Waals surface area contributed by atoms with Crippen molar-refractivity contribution in [3.8, 4) is 0 Å². The van der Waals surface area contributed by atoms with Gasteiger partial charge in [0, 0.05) is 11.7 Å². The predicted molar refractivity (Wildman–Crippen MR) is 75.7 cm³/mol. The van der Waals surface area contributed by atoms with Crippen LogP contribution in [-0.4, -0.2) is 23.9 Å². The number of amides is 2. The van der Waals surface area contributed by atoms with Gasteiger partial charge < -0.3 is 16.4 Å². The van der Waals surface area contributed by atoms with E-state index in [4.69, 9.17) is 5.73 Å². The SMILES string of the molecule is CC(C)NC(=O)Cc1ccc(NC(=O)[C@@H](C)N)cc1. The van der Waals surface area contributed by atoms with E-state index >= 15 is 0 Å². The van der Waals surface area contributed by atoms with Crippen molar-refractivity contribution in [1.29, 1.82) is 0 Å². The lowest BCUT2D eigenvalue weighted by molar-refractivity contribution is -0.121. The standard InChI is InChI=1S/C14H21N3O2/c1-9(2)16-13(18)8-11-4-6-12(7-5-11)17-14(19)10(3)15/h4-7,9-10H,8,15H2,1-3H3,(H,16,18)(H,17,19)/t10-/m1/s1. The Morgan fingerprint density at radius 3 is 2.21 bits per heavy atom. The molecule has 1 aromatic rings. The van der Waals surface area contributed by atoms with E-state index < -0.39 is 6.04 Å². The summed E-state index contributed by atoms with van der Waals surface area (Å²) >= 11 is 0. The molecule has 0 unspecified atom stereocenters. The molecule has 0 aliphatic rings. The van der Waals surface area contributed by atoms with Crippen LogP contribution in [0.2, 0.25) is 0 Å². The number of nitrogens with one attached hydrogen (secondary N) is 2. The first-order valence-corrected chi connectivity index (χ1v) is 6.33. The molecule has 104 valence electrons. The molecule has 19 heavy (non-hydrogen) atoms. The highest BCUT2D eigenvalue weighted by molar-refractivity contribution is 5.94. The fraction of sp³-hybridized carbons (Fsp3) is 0.429. The highest BCUT2D eigenvalue weighted by atomic mass is 16.2. The summed E-state index contributed by atoms with van der Waals surface area (Å²) < 4.78 is 0. The van der Waals surface area contributed by atoms with Gasteiger partial charge in [0.25, 0.3) is 0 Å². The molecule has 0 saturated heterocycles. The number of hydrogen-bond acceptors (Lipinski definition) is 3. The van der Waals surface area contributed by atoms with E-state index in [9.17, 15) is 9.59 Å². The number of carbonyl (C=O) groups excluding carboxylic acids is 2. The molecule has 1 aromatic carbocycles. The third kappa shape index (κ3) is 5.52. The summed E-state index contributed by atoms with van der Waals surface area (Å²) in [5, 5.41) is 5.52. The Morgan fingerprint density at radius 2 is 1.74 bits per heavy atom. The Balaban J connectivity index is 2.57. The zero-order valence-corrected chi connectivity index (χ0v) is 11.6. The van der Waals surface area contributed by atoms with Crippen LogP contribution < -0.4 is 16.4 Å². The first-order valence-electron chi connectivity index (χ1n) is 6.33. The van der Waals surface area contributed by atoms with Crippen molar-refractivity contribution in [2.24, 2.45) is 5.73 Å². The Kier molecular flexibility index (Phi) is 5.51. The number of nitrogens with two attached hydrogens (primary N) is 1. The van der Waals surface area contributed by atoms with Crippen molar-refractivity contribution >= 4 is 17.5 Å². The third-order valence-corrected chi connectivity index (χ3v) is 2.45. The molecule has 0 aliphatic carbocycles. The van der Waals surface area contributed by atoms with Crippen LogP contribution in [0.3, 0.4) is 0 Å². The van der Waals surface area contributed by atoms with Crippen LogP contribution in [0, 0.1) is 0 Å². The molecule has 0 aliphatic heterocycles. The molecule has 0 spiro atoms. The van der Waals surface area contributed by atoms with Gasteiger partial charge in [-0.2, -0.15) is 0 Å². The molecule has 5 heteroatoms. The topological polar surface area (TPSA) is 84.2 Å². The molecule has 0 heterocycles. The number of anilines is 1. The van der Waals surface area contributed by atoms with Gasteiger partial charge in [-0.15, -0.1) is 0 Å². The summed E-state index contributed by atoms with van der Waals surface area (Å²) in [6.45, 7) is 5.47. The Bertz CT molecular complexity index is 439. The van der Waals surface area contributed by atoms with Crippen LogP contribution >= 0.6 is 0 Å². The van der Waals surface area contributed by atoms with Crippen molar-refractivity contribution in [3.63, 3.8) is 0 Å². The third-order valence-electron chi connectivity index (χ3n) is 2.45. The van der Waals surface area contributed by atoms with E-state index in [2.05, 4.69) is 10.6 Å². The summed E-state index contributed by atoms with van der Waals surface area (Å²) in [4.78, 5) is 23.0. The van der Waals surface area contributed by atoms with Gasteiger partial charge in [0.1, 0.15) is 0 Å². The average molecular weight is 263 g/mol. The molecule has 1 rings (SSSR count). The zero-order chi connectivity index (χ0) is 14.4. The van der Waals surface area contributed by atoms with Gasteiger partial charge in [0.2, 0.25) is 11.8 Å². The summed E-state index contributed by atoms with van der Waals surface area (Å²) in [7, 11) is 0. The minimum atomic E-state index is -0.545. The van der Waals surface area contributed by atoms with Crippen LogP contribution in [0.25, 0.3) is 0 Å². The molecule has 5 nitrogen and oxygen atoms in total. The lowest BCUT2D eigenvalue weighted by Gasteiger charge is -2.10.